The lowest BCUT2D eigenvalue weighted by atomic mass is 10.1. The second kappa shape index (κ2) is 5.98. The van der Waals surface area contributed by atoms with Crippen LogP contribution < -0.4 is 0 Å². The highest BCUT2D eigenvalue weighted by atomic mass is 16.5. The standard InChI is InChI=1S/C10H21NO3/c1-5-11(8-10(3,4)13)7-9(12)14-6-2/h13H,5-8H2,1-4H3. The minimum absolute atomic E-state index is 0.237. The van der Waals surface area contributed by atoms with Crippen molar-refractivity contribution < 1.29 is 14.6 Å². The van der Waals surface area contributed by atoms with Gasteiger partial charge in [-0.15, -0.1) is 0 Å². The van der Waals surface area contributed by atoms with Crippen molar-refractivity contribution in [3.05, 3.63) is 0 Å². The molecule has 84 valence electrons. The molecule has 0 rings (SSSR count). The molecule has 0 heterocycles. The summed E-state index contributed by atoms with van der Waals surface area (Å²) in [6.07, 6.45) is 0. The van der Waals surface area contributed by atoms with Gasteiger partial charge in [0.15, 0.2) is 0 Å². The fourth-order valence-corrected chi connectivity index (χ4v) is 1.22. The molecule has 0 aromatic heterocycles. The molecule has 0 saturated heterocycles. The Morgan fingerprint density at radius 2 is 2.00 bits per heavy atom. The van der Waals surface area contributed by atoms with Crippen LogP contribution in [-0.2, 0) is 9.53 Å². The van der Waals surface area contributed by atoms with Crippen LogP contribution in [0.25, 0.3) is 0 Å². The van der Waals surface area contributed by atoms with Crippen LogP contribution in [-0.4, -0.2) is 47.8 Å². The van der Waals surface area contributed by atoms with Crippen LogP contribution in [0.4, 0.5) is 0 Å². The first-order valence-electron chi connectivity index (χ1n) is 4.99. The van der Waals surface area contributed by atoms with Gasteiger partial charge in [-0.3, -0.25) is 9.69 Å². The summed E-state index contributed by atoms with van der Waals surface area (Å²) in [6, 6.07) is 0. The number of aliphatic hydroxyl groups is 1. The van der Waals surface area contributed by atoms with Crippen LogP contribution in [0.1, 0.15) is 27.7 Å². The van der Waals surface area contributed by atoms with Crippen molar-refractivity contribution in [2.45, 2.75) is 33.3 Å². The maximum atomic E-state index is 11.2. The molecule has 0 aliphatic heterocycles. The third-order valence-corrected chi connectivity index (χ3v) is 1.72. The molecule has 0 spiro atoms. The third kappa shape index (κ3) is 6.86. The Hall–Kier alpha value is -0.610. The quantitative estimate of drug-likeness (QED) is 0.644. The molecule has 4 heteroatoms. The van der Waals surface area contributed by atoms with Crippen molar-refractivity contribution in [2.24, 2.45) is 0 Å². The van der Waals surface area contributed by atoms with Crippen LogP contribution in [0.3, 0.4) is 0 Å². The Labute approximate surface area is 85.9 Å². The van der Waals surface area contributed by atoms with Crippen molar-refractivity contribution in [3.63, 3.8) is 0 Å². The smallest absolute Gasteiger partial charge is 0.320 e. The number of hydrogen-bond donors (Lipinski definition) is 1. The molecule has 0 saturated carbocycles. The van der Waals surface area contributed by atoms with E-state index in [1.807, 2.05) is 11.8 Å². The van der Waals surface area contributed by atoms with Gasteiger partial charge in [0.2, 0.25) is 0 Å². The first kappa shape index (κ1) is 13.4. The van der Waals surface area contributed by atoms with Gasteiger partial charge in [0, 0.05) is 6.54 Å². The van der Waals surface area contributed by atoms with Crippen LogP contribution in [0.5, 0.6) is 0 Å². The molecule has 0 aliphatic rings. The zero-order chi connectivity index (χ0) is 11.2. The summed E-state index contributed by atoms with van der Waals surface area (Å²) in [6.45, 7) is 9.02. The SMILES string of the molecule is CCOC(=O)CN(CC)CC(C)(C)O. The van der Waals surface area contributed by atoms with Crippen molar-refractivity contribution in [1.29, 1.82) is 0 Å². The zero-order valence-corrected chi connectivity index (χ0v) is 9.54. The van der Waals surface area contributed by atoms with Gasteiger partial charge in [-0.1, -0.05) is 6.92 Å². The van der Waals surface area contributed by atoms with Crippen LogP contribution in [0.2, 0.25) is 0 Å². The molecule has 0 amide bonds. The van der Waals surface area contributed by atoms with Gasteiger partial charge in [-0.2, -0.15) is 0 Å². The predicted molar refractivity (Wildman–Crippen MR) is 55.0 cm³/mol. The lowest BCUT2D eigenvalue weighted by Crippen LogP contribution is -2.41. The highest BCUT2D eigenvalue weighted by Gasteiger charge is 2.19. The number of rotatable bonds is 6. The summed E-state index contributed by atoms with van der Waals surface area (Å²) in [5, 5.41) is 9.57. The topological polar surface area (TPSA) is 49.8 Å². The maximum Gasteiger partial charge on any atom is 0.320 e. The van der Waals surface area contributed by atoms with E-state index in [4.69, 9.17) is 4.74 Å². The van der Waals surface area contributed by atoms with Gasteiger partial charge in [0.1, 0.15) is 0 Å². The molecular formula is C10H21NO3. The van der Waals surface area contributed by atoms with E-state index in [9.17, 15) is 9.90 Å². The lowest BCUT2D eigenvalue weighted by molar-refractivity contribution is -0.144. The van der Waals surface area contributed by atoms with Crippen molar-refractivity contribution in [1.82, 2.24) is 4.90 Å². The summed E-state index contributed by atoms with van der Waals surface area (Å²) in [5.41, 5.74) is -0.775. The van der Waals surface area contributed by atoms with Gasteiger partial charge in [0.25, 0.3) is 0 Å². The Bertz CT molecular complexity index is 175. The van der Waals surface area contributed by atoms with Crippen molar-refractivity contribution in [2.75, 3.05) is 26.2 Å². The van der Waals surface area contributed by atoms with Gasteiger partial charge in [-0.05, 0) is 27.3 Å². The van der Waals surface area contributed by atoms with E-state index in [1.165, 1.54) is 0 Å². The van der Waals surface area contributed by atoms with E-state index in [2.05, 4.69) is 0 Å². The highest BCUT2D eigenvalue weighted by molar-refractivity contribution is 5.71. The van der Waals surface area contributed by atoms with Crippen molar-refractivity contribution in [3.8, 4) is 0 Å². The average molecular weight is 203 g/mol. The molecule has 0 bridgehead atoms. The second-order valence-corrected chi connectivity index (χ2v) is 3.92. The van der Waals surface area contributed by atoms with E-state index in [0.717, 1.165) is 6.54 Å². The molecular weight excluding hydrogens is 182 g/mol. The van der Waals surface area contributed by atoms with Crippen LogP contribution >= 0.6 is 0 Å². The first-order valence-corrected chi connectivity index (χ1v) is 4.99. The van der Waals surface area contributed by atoms with Gasteiger partial charge < -0.3 is 9.84 Å². The average Bonchev–Trinajstić information content (AvgIpc) is 2.01. The first-order chi connectivity index (χ1) is 6.39. The monoisotopic (exact) mass is 203 g/mol. The molecule has 0 radical (unpaired) electrons. The van der Waals surface area contributed by atoms with E-state index in [-0.39, 0.29) is 12.5 Å². The fraction of sp³-hybridized carbons (Fsp3) is 0.900. The number of hydrogen-bond acceptors (Lipinski definition) is 4. The molecule has 0 aromatic rings. The Kier molecular flexibility index (Phi) is 5.72. The summed E-state index contributed by atoms with van der Waals surface area (Å²) >= 11 is 0. The number of esters is 1. The van der Waals surface area contributed by atoms with Gasteiger partial charge in [-0.25, -0.2) is 0 Å². The highest BCUT2D eigenvalue weighted by Crippen LogP contribution is 2.04. The summed E-state index contributed by atoms with van der Waals surface area (Å²) in [4.78, 5) is 13.0. The summed E-state index contributed by atoms with van der Waals surface area (Å²) < 4.78 is 4.83. The Balaban J connectivity index is 3.97. The molecule has 0 atom stereocenters. The van der Waals surface area contributed by atoms with Crippen molar-refractivity contribution >= 4 is 5.97 Å². The molecule has 0 fully saturated rings. The number of likely N-dealkylation sites (N-methyl/N-ethyl adjacent to an activating group) is 1. The molecule has 14 heavy (non-hydrogen) atoms. The largest absolute Gasteiger partial charge is 0.465 e. The molecule has 0 aromatic carbocycles. The number of ether oxygens (including phenoxy) is 1. The zero-order valence-electron chi connectivity index (χ0n) is 9.54. The summed E-state index contributed by atoms with van der Waals surface area (Å²) in [7, 11) is 0. The van der Waals surface area contributed by atoms with Crippen LogP contribution in [0, 0.1) is 0 Å². The summed E-state index contributed by atoms with van der Waals surface area (Å²) in [5.74, 6) is -0.237. The van der Waals surface area contributed by atoms with E-state index < -0.39 is 5.60 Å². The number of carbonyl (C=O) groups is 1. The number of nitrogens with zero attached hydrogens (tertiary/aromatic N) is 1. The van der Waals surface area contributed by atoms with E-state index >= 15 is 0 Å². The predicted octanol–water partition coefficient (Wildman–Crippen LogP) is 0.642. The maximum absolute atomic E-state index is 11.2. The van der Waals surface area contributed by atoms with E-state index in [0.29, 0.717) is 13.2 Å². The molecule has 0 unspecified atom stereocenters. The lowest BCUT2D eigenvalue weighted by Gasteiger charge is -2.26. The fourth-order valence-electron chi connectivity index (χ4n) is 1.22. The van der Waals surface area contributed by atoms with Gasteiger partial charge in [0.05, 0.1) is 18.8 Å². The normalized spacial score (nSPS) is 11.9. The van der Waals surface area contributed by atoms with E-state index in [1.54, 1.807) is 20.8 Å². The minimum atomic E-state index is -0.775. The second-order valence-electron chi connectivity index (χ2n) is 3.92. The Morgan fingerprint density at radius 3 is 2.36 bits per heavy atom. The third-order valence-electron chi connectivity index (χ3n) is 1.72. The molecule has 1 N–H and O–H groups in total. The molecule has 4 nitrogen and oxygen atoms in total. The number of carbonyl (C=O) groups excluding carboxylic acids is 1. The minimum Gasteiger partial charge on any atom is -0.465 e. The van der Waals surface area contributed by atoms with Gasteiger partial charge >= 0.3 is 5.97 Å². The Morgan fingerprint density at radius 1 is 1.43 bits per heavy atom. The molecule has 0 aliphatic carbocycles. The van der Waals surface area contributed by atoms with Crippen LogP contribution in [0.15, 0.2) is 0 Å².